The van der Waals surface area contributed by atoms with Gasteiger partial charge in [0.25, 0.3) is 0 Å². The molecule has 1 atom stereocenters. The second-order valence-electron chi connectivity index (χ2n) is 9.91. The minimum atomic E-state index is -0.776. The molecular weight excluding hydrogens is 556 g/mol. The summed E-state index contributed by atoms with van der Waals surface area (Å²) < 4.78 is 28.4. The Balaban J connectivity index is 1.52. The number of aromatic hydroxyl groups is 3. The van der Waals surface area contributed by atoms with Gasteiger partial charge in [-0.25, -0.2) is 0 Å². The average Bonchev–Trinajstić information content (AvgIpc) is 3.00. The van der Waals surface area contributed by atoms with Crippen LogP contribution in [0.2, 0.25) is 0 Å². The van der Waals surface area contributed by atoms with Crippen LogP contribution in [0.4, 0.5) is 0 Å². The summed E-state index contributed by atoms with van der Waals surface area (Å²) in [4.78, 5) is 26.3. The van der Waals surface area contributed by atoms with E-state index in [1.54, 1.807) is 43.5 Å². The molecule has 0 bridgehead atoms. The van der Waals surface area contributed by atoms with Crippen LogP contribution in [-0.2, 0) is 0 Å². The lowest BCUT2D eigenvalue weighted by Crippen LogP contribution is -2.20. The number of benzene rings is 4. The van der Waals surface area contributed by atoms with Crippen LogP contribution in [0.3, 0.4) is 0 Å². The number of fused-ring (bicyclic) bond motifs is 2. The number of phenolic OH excluding ortho intramolecular Hbond substituents is 3. The Bertz CT molecular complexity index is 1960. The lowest BCUT2D eigenvalue weighted by molar-refractivity contribution is 0.0844. The van der Waals surface area contributed by atoms with Gasteiger partial charge in [0.15, 0.2) is 16.8 Å². The fourth-order valence-electron chi connectivity index (χ4n) is 5.28. The van der Waals surface area contributed by atoms with E-state index >= 15 is 0 Å². The zero-order chi connectivity index (χ0) is 30.4. The zero-order valence-electron chi connectivity index (χ0n) is 23.3. The zero-order valence-corrected chi connectivity index (χ0v) is 23.3. The minimum Gasteiger partial charge on any atom is -0.507 e. The fraction of sp³-hybridized carbons (Fsp3) is 0.152. The summed E-state index contributed by atoms with van der Waals surface area (Å²) in [6.45, 7) is 0. The Morgan fingerprint density at radius 3 is 2.19 bits per heavy atom. The molecule has 1 aliphatic heterocycles. The molecule has 0 radical (unpaired) electrons. The highest BCUT2D eigenvalue weighted by molar-refractivity contribution is 6.03. The number of Topliss-reactive ketones (excluding diaryl/α,β-unsaturated/α-hetero) is 1. The van der Waals surface area contributed by atoms with Gasteiger partial charge >= 0.3 is 0 Å². The first-order valence-corrected chi connectivity index (χ1v) is 13.2. The third kappa shape index (κ3) is 4.72. The van der Waals surface area contributed by atoms with Gasteiger partial charge in [0.2, 0.25) is 0 Å². The van der Waals surface area contributed by atoms with Crippen molar-refractivity contribution in [3.05, 3.63) is 88.1 Å². The lowest BCUT2D eigenvalue weighted by atomic mass is 9.92. The highest BCUT2D eigenvalue weighted by atomic mass is 16.5. The molecule has 0 saturated heterocycles. The van der Waals surface area contributed by atoms with E-state index in [1.165, 1.54) is 44.6 Å². The van der Waals surface area contributed by atoms with Gasteiger partial charge in [-0.1, -0.05) is 6.07 Å². The number of ketones is 1. The molecule has 0 fully saturated rings. The summed E-state index contributed by atoms with van der Waals surface area (Å²) in [7, 11) is 4.36. The van der Waals surface area contributed by atoms with E-state index in [0.29, 0.717) is 22.6 Å². The van der Waals surface area contributed by atoms with E-state index in [4.69, 9.17) is 23.4 Å². The lowest BCUT2D eigenvalue weighted by Gasteiger charge is -2.27. The van der Waals surface area contributed by atoms with E-state index in [9.17, 15) is 24.9 Å². The Morgan fingerprint density at radius 2 is 1.49 bits per heavy atom. The van der Waals surface area contributed by atoms with Gasteiger partial charge in [-0.2, -0.15) is 0 Å². The topological polar surface area (TPSA) is 145 Å². The van der Waals surface area contributed by atoms with Crippen molar-refractivity contribution in [3.8, 4) is 62.7 Å². The number of phenols is 3. The first kappa shape index (κ1) is 27.5. The molecule has 10 nitrogen and oxygen atoms in total. The van der Waals surface area contributed by atoms with Crippen molar-refractivity contribution in [2.75, 3.05) is 21.3 Å². The summed E-state index contributed by atoms with van der Waals surface area (Å²) in [5, 5.41) is 32.1. The molecule has 218 valence electrons. The highest BCUT2D eigenvalue weighted by Crippen LogP contribution is 2.47. The molecule has 10 heteroatoms. The summed E-state index contributed by atoms with van der Waals surface area (Å²) in [6, 6.07) is 16.9. The predicted octanol–water partition coefficient (Wildman–Crippen LogP) is 5.98. The normalized spacial score (nSPS) is 14.2. The molecule has 1 aromatic heterocycles. The van der Waals surface area contributed by atoms with Crippen LogP contribution in [0.25, 0.3) is 33.4 Å². The number of rotatable bonds is 6. The second-order valence-corrected chi connectivity index (χ2v) is 9.91. The largest absolute Gasteiger partial charge is 0.507 e. The van der Waals surface area contributed by atoms with E-state index in [2.05, 4.69) is 0 Å². The molecule has 0 saturated carbocycles. The average molecular weight is 583 g/mol. The number of carbonyl (C=O) groups is 1. The van der Waals surface area contributed by atoms with E-state index in [1.807, 2.05) is 0 Å². The number of ether oxygens (including phenoxy) is 4. The quantitative estimate of drug-likeness (QED) is 0.219. The van der Waals surface area contributed by atoms with E-state index < -0.39 is 11.5 Å². The van der Waals surface area contributed by atoms with Gasteiger partial charge in [-0.3, -0.25) is 9.59 Å². The Kier molecular flexibility index (Phi) is 6.81. The van der Waals surface area contributed by atoms with Crippen LogP contribution in [0.5, 0.6) is 40.2 Å². The maximum Gasteiger partial charge on any atom is 0.197 e. The maximum atomic E-state index is 13.3. The smallest absolute Gasteiger partial charge is 0.197 e. The predicted molar refractivity (Wildman–Crippen MR) is 157 cm³/mol. The van der Waals surface area contributed by atoms with Crippen molar-refractivity contribution in [1.29, 1.82) is 0 Å². The molecule has 6 rings (SSSR count). The SMILES string of the molecule is COc1ccc(-c2cc(=O)c3c(O)cc(OC)c(-c4cc([C@H]5CC(=O)c6c(O)cc(OC)cc6O5)ccc4O)c3o2)cc1. The third-order valence-electron chi connectivity index (χ3n) is 7.41. The van der Waals surface area contributed by atoms with Crippen LogP contribution in [0.1, 0.15) is 28.4 Å². The summed E-state index contributed by atoms with van der Waals surface area (Å²) in [6.07, 6.45) is -0.858. The molecule has 3 N–H and O–H groups in total. The summed E-state index contributed by atoms with van der Waals surface area (Å²) in [5.41, 5.74) is 1.08. The van der Waals surface area contributed by atoms with E-state index in [-0.39, 0.29) is 74.4 Å². The van der Waals surface area contributed by atoms with Crippen LogP contribution < -0.4 is 24.4 Å². The first-order valence-electron chi connectivity index (χ1n) is 13.2. The molecular formula is C33H26O10. The van der Waals surface area contributed by atoms with Crippen molar-refractivity contribution in [3.63, 3.8) is 0 Å². The third-order valence-corrected chi connectivity index (χ3v) is 7.41. The van der Waals surface area contributed by atoms with Gasteiger partial charge in [-0.05, 0) is 42.0 Å². The van der Waals surface area contributed by atoms with Gasteiger partial charge < -0.3 is 38.7 Å². The van der Waals surface area contributed by atoms with E-state index in [0.717, 1.165) is 0 Å². The van der Waals surface area contributed by atoms with Gasteiger partial charge in [0.05, 0.1) is 33.3 Å². The molecule has 2 heterocycles. The molecule has 0 aliphatic carbocycles. The molecule has 1 aliphatic rings. The van der Waals surface area contributed by atoms with Gasteiger partial charge in [0.1, 0.15) is 63.1 Å². The highest BCUT2D eigenvalue weighted by Gasteiger charge is 2.32. The maximum absolute atomic E-state index is 13.3. The first-order chi connectivity index (χ1) is 20.7. The molecule has 0 amide bonds. The number of hydrogen-bond acceptors (Lipinski definition) is 10. The fourth-order valence-corrected chi connectivity index (χ4v) is 5.28. The van der Waals surface area contributed by atoms with Crippen molar-refractivity contribution in [2.24, 2.45) is 0 Å². The van der Waals surface area contributed by atoms with Crippen LogP contribution in [0, 0.1) is 0 Å². The summed E-state index contributed by atoms with van der Waals surface area (Å²) >= 11 is 0. The van der Waals surface area contributed by atoms with Crippen LogP contribution in [0.15, 0.2) is 75.9 Å². The molecule has 5 aromatic rings. The Labute approximate surface area is 244 Å². The Morgan fingerprint density at radius 1 is 0.744 bits per heavy atom. The molecule has 0 spiro atoms. The monoisotopic (exact) mass is 582 g/mol. The molecule has 43 heavy (non-hydrogen) atoms. The Hall–Kier alpha value is -5.64. The van der Waals surface area contributed by atoms with Crippen LogP contribution >= 0.6 is 0 Å². The van der Waals surface area contributed by atoms with Crippen molar-refractivity contribution in [2.45, 2.75) is 12.5 Å². The summed E-state index contributed by atoms with van der Waals surface area (Å²) in [5.74, 6) is 0.351. The van der Waals surface area contributed by atoms with Crippen molar-refractivity contribution >= 4 is 16.8 Å². The van der Waals surface area contributed by atoms with Gasteiger partial charge in [0, 0.05) is 35.4 Å². The van der Waals surface area contributed by atoms with Crippen molar-refractivity contribution in [1.82, 2.24) is 0 Å². The second kappa shape index (κ2) is 10.6. The molecule has 4 aromatic carbocycles. The van der Waals surface area contributed by atoms with Gasteiger partial charge in [-0.15, -0.1) is 0 Å². The number of methoxy groups -OCH3 is 3. The standard InChI is InChI=1S/C33H26O10/c1-39-18-7-4-16(5-8-18)26-14-24(37)32-25(38)15-28(41-3)30(33(32)43-26)20-10-17(6-9-21(20)34)27-13-23(36)31-22(35)11-19(40-2)12-29(31)42-27/h4-12,14-15,27,34-35,38H,13H2,1-3H3/t27-/m1/s1. The van der Waals surface area contributed by atoms with Crippen LogP contribution in [-0.4, -0.2) is 42.4 Å². The number of hydrogen-bond donors (Lipinski definition) is 3. The molecule has 0 unspecified atom stereocenters. The number of carbonyl (C=O) groups excluding carboxylic acids is 1. The van der Waals surface area contributed by atoms with Crippen molar-refractivity contribution < 1.29 is 43.5 Å². The minimum absolute atomic E-state index is 0.0109.